The summed E-state index contributed by atoms with van der Waals surface area (Å²) in [4.78, 5) is 4.31. The van der Waals surface area contributed by atoms with Gasteiger partial charge < -0.3 is 0 Å². The van der Waals surface area contributed by atoms with Crippen molar-refractivity contribution >= 4 is 28.3 Å². The van der Waals surface area contributed by atoms with Crippen LogP contribution >= 0.6 is 28.3 Å². The number of rotatable bonds is 1. The number of thiazole rings is 1. The molecule has 0 amide bonds. The molecule has 0 aliphatic heterocycles. The predicted molar refractivity (Wildman–Crippen MR) is 62.6 cm³/mol. The maximum Gasteiger partial charge on any atom is 0.123 e. The van der Waals surface area contributed by atoms with Gasteiger partial charge in [-0.3, -0.25) is 0 Å². The number of nitrogens with zero attached hydrogens (tertiary/aromatic N) is 1. The van der Waals surface area contributed by atoms with Crippen molar-refractivity contribution in [3.8, 4) is 11.3 Å². The number of aromatic nitrogens is 1. The second-order valence-electron chi connectivity index (χ2n) is 2.76. The van der Waals surface area contributed by atoms with Crippen molar-refractivity contribution in [3.63, 3.8) is 0 Å². The van der Waals surface area contributed by atoms with Crippen molar-refractivity contribution in [2.24, 2.45) is 0 Å². The van der Waals surface area contributed by atoms with Crippen LogP contribution in [0.5, 0.6) is 0 Å². The summed E-state index contributed by atoms with van der Waals surface area (Å²) in [5.74, 6) is -0.212. The van der Waals surface area contributed by atoms with E-state index in [1.165, 1.54) is 12.1 Å². The van der Waals surface area contributed by atoms with Gasteiger partial charge in [0.25, 0.3) is 0 Å². The third-order valence-corrected chi connectivity index (χ3v) is 2.53. The van der Waals surface area contributed by atoms with Gasteiger partial charge in [-0.2, -0.15) is 0 Å². The third-order valence-electron chi connectivity index (χ3n) is 1.76. The molecule has 0 saturated heterocycles. The van der Waals surface area contributed by atoms with Crippen LogP contribution in [0.25, 0.3) is 11.3 Å². The first-order valence-electron chi connectivity index (χ1n) is 3.94. The Kier molecular flexibility index (Phi) is 3.77. The molecule has 0 aliphatic rings. The van der Waals surface area contributed by atoms with Crippen LogP contribution in [0, 0.1) is 12.7 Å². The molecule has 4 heteroatoms. The zero-order valence-electron chi connectivity index (χ0n) is 7.53. The zero-order chi connectivity index (χ0) is 9.26. The van der Waals surface area contributed by atoms with E-state index < -0.39 is 0 Å². The van der Waals surface area contributed by atoms with Crippen LogP contribution < -0.4 is 0 Å². The molecule has 0 saturated carbocycles. The fourth-order valence-electron chi connectivity index (χ4n) is 1.12. The largest absolute Gasteiger partial charge is 0.242 e. The Balaban J connectivity index is 0.000000980. The normalized spacial score (nSPS) is 9.57. The molecule has 2 rings (SSSR count). The summed E-state index contributed by atoms with van der Waals surface area (Å²) < 4.78 is 12.6. The summed E-state index contributed by atoms with van der Waals surface area (Å²) in [6, 6.07) is 6.38. The number of hydrogen-bond donors (Lipinski definition) is 0. The summed E-state index contributed by atoms with van der Waals surface area (Å²) in [5, 5.41) is 3.00. The molecule has 0 radical (unpaired) electrons. The quantitative estimate of drug-likeness (QED) is 0.770. The number of aryl methyl sites for hydroxylation is 1. The van der Waals surface area contributed by atoms with Crippen molar-refractivity contribution in [1.29, 1.82) is 0 Å². The highest BCUT2D eigenvalue weighted by Gasteiger charge is 2.00. The third kappa shape index (κ3) is 2.39. The van der Waals surface area contributed by atoms with Crippen molar-refractivity contribution in [3.05, 3.63) is 40.5 Å². The van der Waals surface area contributed by atoms with Crippen molar-refractivity contribution < 1.29 is 4.39 Å². The molecule has 0 aliphatic carbocycles. The van der Waals surface area contributed by atoms with Crippen LogP contribution in [0.15, 0.2) is 29.6 Å². The molecule has 1 nitrogen and oxygen atoms in total. The van der Waals surface area contributed by atoms with Crippen molar-refractivity contribution in [2.45, 2.75) is 6.92 Å². The van der Waals surface area contributed by atoms with E-state index >= 15 is 0 Å². The van der Waals surface area contributed by atoms with Gasteiger partial charge >= 0.3 is 0 Å². The van der Waals surface area contributed by atoms with Gasteiger partial charge in [-0.1, -0.05) is 0 Å². The second kappa shape index (κ2) is 4.66. The van der Waals surface area contributed by atoms with Gasteiger partial charge in [0.2, 0.25) is 0 Å². The first-order chi connectivity index (χ1) is 6.25. The molecule has 1 aromatic carbocycles. The smallest absolute Gasteiger partial charge is 0.123 e. The van der Waals surface area contributed by atoms with Gasteiger partial charge in [0.05, 0.1) is 10.7 Å². The molecule has 0 bridgehead atoms. The standard InChI is InChI=1S/C10H8FNS.BrH/c1-7-12-10(6-13-7)8-2-4-9(11)5-3-8;/h2-6H,1H3;1H. The average Bonchev–Trinajstić information content (AvgIpc) is 2.53. The zero-order valence-corrected chi connectivity index (χ0v) is 10.1. The average molecular weight is 274 g/mol. The highest BCUT2D eigenvalue weighted by molar-refractivity contribution is 8.93. The van der Waals surface area contributed by atoms with Crippen LogP contribution in [-0.2, 0) is 0 Å². The van der Waals surface area contributed by atoms with Crippen molar-refractivity contribution in [1.82, 2.24) is 4.98 Å². The minimum Gasteiger partial charge on any atom is -0.242 e. The molecule has 1 heterocycles. The number of hydrogen-bond acceptors (Lipinski definition) is 2. The monoisotopic (exact) mass is 273 g/mol. The Hall–Kier alpha value is -0.740. The first-order valence-corrected chi connectivity index (χ1v) is 4.82. The minimum atomic E-state index is -0.212. The van der Waals surface area contributed by atoms with Gasteiger partial charge in [0.15, 0.2) is 0 Å². The fraction of sp³-hybridized carbons (Fsp3) is 0.100. The fourth-order valence-corrected chi connectivity index (χ4v) is 1.74. The summed E-state index contributed by atoms with van der Waals surface area (Å²) in [5.41, 5.74) is 1.88. The lowest BCUT2D eigenvalue weighted by molar-refractivity contribution is 0.628. The topological polar surface area (TPSA) is 12.9 Å². The summed E-state index contributed by atoms with van der Waals surface area (Å²) in [6.45, 7) is 1.96. The molecular weight excluding hydrogens is 265 g/mol. The Morgan fingerprint density at radius 3 is 2.36 bits per heavy atom. The van der Waals surface area contributed by atoms with Gasteiger partial charge in [-0.25, -0.2) is 9.37 Å². The van der Waals surface area contributed by atoms with Crippen LogP contribution in [-0.4, -0.2) is 4.98 Å². The van der Waals surface area contributed by atoms with Crippen LogP contribution in [0.3, 0.4) is 0 Å². The first kappa shape index (κ1) is 11.3. The van der Waals surface area contributed by atoms with E-state index in [0.717, 1.165) is 16.3 Å². The molecule has 2 aromatic rings. The maximum absolute atomic E-state index is 12.6. The minimum absolute atomic E-state index is 0. The Morgan fingerprint density at radius 1 is 1.21 bits per heavy atom. The molecule has 0 fully saturated rings. The van der Waals surface area contributed by atoms with E-state index in [1.807, 2.05) is 12.3 Å². The molecule has 74 valence electrons. The highest BCUT2D eigenvalue weighted by Crippen LogP contribution is 2.21. The maximum atomic E-state index is 12.6. The van der Waals surface area contributed by atoms with Gasteiger partial charge in [-0.05, 0) is 31.2 Å². The summed E-state index contributed by atoms with van der Waals surface area (Å²) in [7, 11) is 0. The van der Waals surface area contributed by atoms with Gasteiger partial charge in [0, 0.05) is 10.9 Å². The van der Waals surface area contributed by atoms with E-state index in [-0.39, 0.29) is 22.8 Å². The lowest BCUT2D eigenvalue weighted by Crippen LogP contribution is -1.78. The lowest BCUT2D eigenvalue weighted by Gasteiger charge is -1.94. The van der Waals surface area contributed by atoms with E-state index in [4.69, 9.17) is 0 Å². The predicted octanol–water partition coefficient (Wildman–Crippen LogP) is 3.84. The number of halogens is 2. The van der Waals surface area contributed by atoms with Crippen LogP contribution in [0.4, 0.5) is 4.39 Å². The second-order valence-corrected chi connectivity index (χ2v) is 3.82. The summed E-state index contributed by atoms with van der Waals surface area (Å²) in [6.07, 6.45) is 0. The van der Waals surface area contributed by atoms with E-state index in [2.05, 4.69) is 4.98 Å². The van der Waals surface area contributed by atoms with Gasteiger partial charge in [-0.15, -0.1) is 28.3 Å². The highest BCUT2D eigenvalue weighted by atomic mass is 79.9. The lowest BCUT2D eigenvalue weighted by atomic mass is 10.2. The Morgan fingerprint density at radius 2 is 1.86 bits per heavy atom. The molecular formula is C10H9BrFNS. The SMILES string of the molecule is Br.Cc1nc(-c2ccc(F)cc2)cs1. The van der Waals surface area contributed by atoms with Crippen molar-refractivity contribution in [2.75, 3.05) is 0 Å². The number of benzene rings is 1. The van der Waals surface area contributed by atoms with Gasteiger partial charge in [0.1, 0.15) is 5.82 Å². The van der Waals surface area contributed by atoms with Crippen LogP contribution in [0.1, 0.15) is 5.01 Å². The summed E-state index contributed by atoms with van der Waals surface area (Å²) >= 11 is 1.60. The Labute approximate surface area is 96.4 Å². The van der Waals surface area contributed by atoms with E-state index in [9.17, 15) is 4.39 Å². The van der Waals surface area contributed by atoms with E-state index in [1.54, 1.807) is 23.5 Å². The Bertz CT molecular complexity index is 410. The molecule has 0 unspecified atom stereocenters. The molecule has 0 atom stereocenters. The molecule has 1 aromatic heterocycles. The molecule has 0 spiro atoms. The molecule has 0 N–H and O–H groups in total. The molecule has 14 heavy (non-hydrogen) atoms. The van der Waals surface area contributed by atoms with Crippen LogP contribution in [0.2, 0.25) is 0 Å². The van der Waals surface area contributed by atoms with E-state index in [0.29, 0.717) is 0 Å².